The van der Waals surface area contributed by atoms with Gasteiger partial charge in [0.2, 0.25) is 0 Å². The van der Waals surface area contributed by atoms with Crippen LogP contribution in [0.2, 0.25) is 5.02 Å². The van der Waals surface area contributed by atoms with Gasteiger partial charge in [0.05, 0.1) is 33.5 Å². The van der Waals surface area contributed by atoms with E-state index in [1.807, 2.05) is 19.3 Å². The lowest BCUT2D eigenvalue weighted by atomic mass is 9.84. The minimum absolute atomic E-state index is 0.170. The molecule has 0 radical (unpaired) electrons. The summed E-state index contributed by atoms with van der Waals surface area (Å²) in [6, 6.07) is 5.89. The molecular weight excluding hydrogens is 445 g/mol. The molecule has 33 heavy (non-hydrogen) atoms. The monoisotopic (exact) mass is 467 g/mol. The van der Waals surface area contributed by atoms with Crippen molar-refractivity contribution in [1.29, 1.82) is 0 Å². The van der Waals surface area contributed by atoms with Gasteiger partial charge >= 0.3 is 0 Å². The molecule has 9 heteroatoms. The average molecular weight is 468 g/mol. The summed E-state index contributed by atoms with van der Waals surface area (Å²) in [5.41, 5.74) is 1.74. The Morgan fingerprint density at radius 2 is 2.00 bits per heavy atom. The first-order chi connectivity index (χ1) is 15.8. The van der Waals surface area contributed by atoms with Crippen molar-refractivity contribution in [2.45, 2.75) is 31.8 Å². The maximum absolute atomic E-state index is 13.8. The molecular formula is C24H23ClFN5O2. The average Bonchev–Trinajstić information content (AvgIpc) is 3.24. The fourth-order valence-corrected chi connectivity index (χ4v) is 4.74. The molecule has 1 aromatic carbocycles. The quantitative estimate of drug-likeness (QED) is 0.449. The van der Waals surface area contributed by atoms with Crippen molar-refractivity contribution in [3.05, 3.63) is 74.9 Å². The fraction of sp³-hybridized carbons (Fsp3) is 0.333. The second kappa shape index (κ2) is 8.04. The number of hydrogen-bond acceptors (Lipinski definition) is 5. The molecule has 0 N–H and O–H groups in total. The first-order valence-corrected chi connectivity index (χ1v) is 11.2. The predicted octanol–water partition coefficient (Wildman–Crippen LogP) is 4.27. The van der Waals surface area contributed by atoms with Gasteiger partial charge in [0.1, 0.15) is 17.2 Å². The molecule has 0 bridgehead atoms. The summed E-state index contributed by atoms with van der Waals surface area (Å²) in [4.78, 5) is 22.9. The van der Waals surface area contributed by atoms with Gasteiger partial charge < -0.3 is 4.74 Å². The van der Waals surface area contributed by atoms with Crippen LogP contribution in [0.1, 0.15) is 36.3 Å². The summed E-state index contributed by atoms with van der Waals surface area (Å²) < 4.78 is 23.4. The van der Waals surface area contributed by atoms with Gasteiger partial charge in [-0.3, -0.25) is 14.0 Å². The summed E-state index contributed by atoms with van der Waals surface area (Å²) in [6.07, 6.45) is 6.31. The van der Waals surface area contributed by atoms with E-state index < -0.39 is 11.4 Å². The Hall–Kier alpha value is -3.10. The van der Waals surface area contributed by atoms with Gasteiger partial charge in [-0.15, -0.1) is 0 Å². The van der Waals surface area contributed by atoms with Crippen molar-refractivity contribution in [2.75, 3.05) is 6.61 Å². The van der Waals surface area contributed by atoms with Crippen LogP contribution in [0.3, 0.4) is 0 Å². The lowest BCUT2D eigenvalue weighted by Gasteiger charge is -2.36. The van der Waals surface area contributed by atoms with Crippen molar-refractivity contribution in [1.82, 2.24) is 24.3 Å². The second-order valence-corrected chi connectivity index (χ2v) is 8.84. The summed E-state index contributed by atoms with van der Waals surface area (Å²) >= 11 is 6.43. The van der Waals surface area contributed by atoms with Crippen molar-refractivity contribution in [2.24, 2.45) is 14.1 Å². The first-order valence-electron chi connectivity index (χ1n) is 10.8. The second-order valence-electron chi connectivity index (χ2n) is 8.43. The molecule has 1 aliphatic rings. The standard InChI is InChI=1S/C24H23ClFN5O2/c1-14-28-19-11-20(24(8-4-5-9-33-24)15-12-27-30(2)13-15)29-22(21(19)23(32)31(14)3)17-7-6-16(26)10-18(17)25/h6-7,10-13H,4-5,8-9H2,1-3H3. The minimum Gasteiger partial charge on any atom is -0.364 e. The molecule has 0 aliphatic carbocycles. The van der Waals surface area contributed by atoms with Gasteiger partial charge in [0, 0.05) is 38.0 Å². The van der Waals surface area contributed by atoms with E-state index in [4.69, 9.17) is 21.3 Å². The van der Waals surface area contributed by atoms with E-state index in [0.717, 1.165) is 18.4 Å². The van der Waals surface area contributed by atoms with E-state index in [-0.39, 0.29) is 10.6 Å². The third kappa shape index (κ3) is 3.54. The minimum atomic E-state index is -0.835. The molecule has 1 aliphatic heterocycles. The zero-order valence-electron chi connectivity index (χ0n) is 18.6. The van der Waals surface area contributed by atoms with Crippen LogP contribution in [-0.2, 0) is 24.4 Å². The van der Waals surface area contributed by atoms with E-state index in [1.165, 1.54) is 16.7 Å². The summed E-state index contributed by atoms with van der Waals surface area (Å²) in [7, 11) is 3.52. The molecule has 4 heterocycles. The van der Waals surface area contributed by atoms with Crippen molar-refractivity contribution in [3.63, 3.8) is 0 Å². The van der Waals surface area contributed by atoms with Gasteiger partial charge in [-0.2, -0.15) is 5.10 Å². The Morgan fingerprint density at radius 3 is 2.67 bits per heavy atom. The van der Waals surface area contributed by atoms with Crippen LogP contribution in [0.5, 0.6) is 0 Å². The topological polar surface area (TPSA) is 74.8 Å². The molecule has 1 unspecified atom stereocenters. The molecule has 0 amide bonds. The van der Waals surface area contributed by atoms with Gasteiger partial charge in [-0.25, -0.2) is 14.4 Å². The molecule has 5 rings (SSSR count). The predicted molar refractivity (Wildman–Crippen MR) is 124 cm³/mol. The Kier molecular flexibility index (Phi) is 5.29. The van der Waals surface area contributed by atoms with Crippen LogP contribution in [0.4, 0.5) is 4.39 Å². The number of nitrogens with zero attached hydrogens (tertiary/aromatic N) is 5. The van der Waals surface area contributed by atoms with Gasteiger partial charge in [-0.1, -0.05) is 11.6 Å². The highest BCUT2D eigenvalue weighted by molar-refractivity contribution is 6.33. The highest BCUT2D eigenvalue weighted by Gasteiger charge is 2.40. The van der Waals surface area contributed by atoms with Crippen LogP contribution in [0, 0.1) is 12.7 Å². The Morgan fingerprint density at radius 1 is 1.18 bits per heavy atom. The van der Waals surface area contributed by atoms with Gasteiger partial charge in [0.25, 0.3) is 5.56 Å². The molecule has 0 spiro atoms. The van der Waals surface area contributed by atoms with Gasteiger partial charge in [0.15, 0.2) is 0 Å². The highest BCUT2D eigenvalue weighted by atomic mass is 35.5. The number of rotatable bonds is 3. The van der Waals surface area contributed by atoms with Crippen LogP contribution in [0.15, 0.2) is 41.5 Å². The Balaban J connectivity index is 1.87. The third-order valence-electron chi connectivity index (χ3n) is 6.33. The number of aryl methyl sites for hydroxylation is 2. The molecule has 170 valence electrons. The lowest BCUT2D eigenvalue weighted by molar-refractivity contribution is -0.0560. The number of hydrogen-bond donors (Lipinski definition) is 0. The lowest BCUT2D eigenvalue weighted by Crippen LogP contribution is -2.36. The number of halogens is 2. The normalized spacial score (nSPS) is 18.7. The molecule has 1 saturated heterocycles. The SMILES string of the molecule is Cc1nc2cc(C3(c4cnn(C)c4)CCCCO3)nc(-c3ccc(F)cc3Cl)c2c(=O)n1C. The largest absolute Gasteiger partial charge is 0.364 e. The highest BCUT2D eigenvalue weighted by Crippen LogP contribution is 2.42. The van der Waals surface area contributed by atoms with Crippen molar-refractivity contribution < 1.29 is 9.13 Å². The number of pyridine rings is 1. The Labute approximate surface area is 194 Å². The summed E-state index contributed by atoms with van der Waals surface area (Å²) in [6.45, 7) is 2.35. The summed E-state index contributed by atoms with van der Waals surface area (Å²) in [5, 5.41) is 4.85. The van der Waals surface area contributed by atoms with Gasteiger partial charge in [-0.05, 0) is 50.5 Å². The van der Waals surface area contributed by atoms with Crippen LogP contribution in [-0.4, -0.2) is 30.9 Å². The molecule has 1 atom stereocenters. The fourth-order valence-electron chi connectivity index (χ4n) is 4.48. The molecule has 7 nitrogen and oxygen atoms in total. The van der Waals surface area contributed by atoms with Crippen LogP contribution >= 0.6 is 11.6 Å². The van der Waals surface area contributed by atoms with Crippen molar-refractivity contribution in [3.8, 4) is 11.3 Å². The number of benzene rings is 1. The maximum Gasteiger partial charge on any atom is 0.263 e. The molecule has 4 aromatic rings. The third-order valence-corrected chi connectivity index (χ3v) is 6.64. The molecule has 0 saturated carbocycles. The summed E-state index contributed by atoms with van der Waals surface area (Å²) in [5.74, 6) is 0.106. The van der Waals surface area contributed by atoms with Crippen LogP contribution in [0.25, 0.3) is 22.2 Å². The maximum atomic E-state index is 13.8. The molecule has 1 fully saturated rings. The number of ether oxygens (including phenoxy) is 1. The van der Waals surface area contributed by atoms with E-state index in [0.29, 0.717) is 46.7 Å². The Bertz CT molecular complexity index is 1440. The van der Waals surface area contributed by atoms with E-state index in [9.17, 15) is 9.18 Å². The zero-order valence-corrected chi connectivity index (χ0v) is 19.4. The number of fused-ring (bicyclic) bond motifs is 1. The first kappa shape index (κ1) is 21.7. The number of aromatic nitrogens is 5. The van der Waals surface area contributed by atoms with E-state index >= 15 is 0 Å². The smallest absolute Gasteiger partial charge is 0.263 e. The van der Waals surface area contributed by atoms with Crippen LogP contribution < -0.4 is 5.56 Å². The van der Waals surface area contributed by atoms with E-state index in [1.54, 1.807) is 30.9 Å². The zero-order chi connectivity index (χ0) is 23.3. The van der Waals surface area contributed by atoms with E-state index in [2.05, 4.69) is 10.1 Å². The van der Waals surface area contributed by atoms with Crippen molar-refractivity contribution >= 4 is 22.5 Å². The molecule has 3 aromatic heterocycles.